The molecular formula is C18H24N4O6. The van der Waals surface area contributed by atoms with E-state index in [1.54, 1.807) is 12.1 Å². The summed E-state index contributed by atoms with van der Waals surface area (Å²) in [4.78, 5) is 48.8. The predicted octanol–water partition coefficient (Wildman–Crippen LogP) is -1.30. The molecule has 0 radical (unpaired) electrons. The summed E-state index contributed by atoms with van der Waals surface area (Å²) in [6, 6.07) is 2.78. The van der Waals surface area contributed by atoms with Crippen LogP contribution in [-0.4, -0.2) is 63.5 Å². The zero-order valence-corrected chi connectivity index (χ0v) is 15.2. The zero-order chi connectivity index (χ0) is 20.8. The molecule has 1 unspecified atom stereocenters. The molecule has 1 aliphatic heterocycles. The Bertz CT molecular complexity index is 751. The van der Waals surface area contributed by atoms with Gasteiger partial charge in [-0.05, 0) is 30.5 Å². The van der Waals surface area contributed by atoms with Gasteiger partial charge in [-0.1, -0.05) is 12.1 Å². The van der Waals surface area contributed by atoms with Crippen LogP contribution in [0.4, 0.5) is 0 Å². The molecule has 10 heteroatoms. The van der Waals surface area contributed by atoms with Gasteiger partial charge in [-0.15, -0.1) is 0 Å². The van der Waals surface area contributed by atoms with Crippen molar-refractivity contribution in [3.05, 3.63) is 29.8 Å². The number of hydrogen-bond donors (Lipinski definition) is 5. The molecule has 1 saturated heterocycles. The van der Waals surface area contributed by atoms with E-state index in [1.165, 1.54) is 17.0 Å². The maximum absolute atomic E-state index is 12.6. The van der Waals surface area contributed by atoms with Crippen LogP contribution in [0.5, 0.6) is 5.75 Å². The minimum absolute atomic E-state index is 0.0171. The van der Waals surface area contributed by atoms with E-state index < -0.39 is 41.8 Å². The van der Waals surface area contributed by atoms with Crippen LogP contribution < -0.4 is 16.8 Å². The molecule has 1 aromatic carbocycles. The van der Waals surface area contributed by atoms with Gasteiger partial charge in [0.1, 0.15) is 17.8 Å². The number of aromatic hydroxyl groups is 1. The molecule has 0 aliphatic carbocycles. The molecule has 7 N–H and O–H groups in total. The number of aliphatic carboxylic acids is 1. The predicted molar refractivity (Wildman–Crippen MR) is 97.9 cm³/mol. The summed E-state index contributed by atoms with van der Waals surface area (Å²) in [5.41, 5.74) is 11.4. The van der Waals surface area contributed by atoms with E-state index in [0.29, 0.717) is 24.9 Å². The first-order valence-electron chi connectivity index (χ1n) is 8.84. The number of carbonyl (C=O) groups excluding carboxylic acids is 3. The summed E-state index contributed by atoms with van der Waals surface area (Å²) in [6.07, 6.45) is 0.612. The molecule has 0 saturated carbocycles. The Kier molecular flexibility index (Phi) is 6.94. The van der Waals surface area contributed by atoms with E-state index in [0.717, 1.165) is 0 Å². The number of likely N-dealkylation sites (tertiary alicyclic amines) is 1. The normalized spacial score (nSPS) is 18.3. The lowest BCUT2D eigenvalue weighted by Gasteiger charge is -2.27. The van der Waals surface area contributed by atoms with Crippen LogP contribution in [0.1, 0.15) is 24.8 Å². The molecule has 1 aliphatic rings. The van der Waals surface area contributed by atoms with Gasteiger partial charge in [0.25, 0.3) is 0 Å². The summed E-state index contributed by atoms with van der Waals surface area (Å²) < 4.78 is 0. The maximum Gasteiger partial charge on any atom is 0.326 e. The molecule has 2 rings (SSSR count). The first kappa shape index (κ1) is 21.2. The van der Waals surface area contributed by atoms with Crippen LogP contribution >= 0.6 is 0 Å². The standard InChI is InChI=1S/C18H24N4O6/c19-12(9-15(20)24)17(26)22-7-1-2-14(22)16(25)21-13(18(27)28)8-10-3-5-11(23)6-4-10/h3-6,12-14,23H,1-2,7-9,19H2,(H2,20,24)(H,21,25)(H,27,28)/t12?,13-,14-/m0/s1. The van der Waals surface area contributed by atoms with Gasteiger partial charge in [-0.3, -0.25) is 14.4 Å². The third-order valence-corrected chi connectivity index (χ3v) is 4.57. The van der Waals surface area contributed by atoms with Crippen LogP contribution in [0.15, 0.2) is 24.3 Å². The summed E-state index contributed by atoms with van der Waals surface area (Å²) in [6.45, 7) is 0.291. The minimum Gasteiger partial charge on any atom is -0.508 e. The molecule has 3 atom stereocenters. The average molecular weight is 392 g/mol. The number of benzene rings is 1. The molecule has 10 nitrogen and oxygen atoms in total. The summed E-state index contributed by atoms with van der Waals surface area (Å²) in [5.74, 6) is -3.05. The van der Waals surface area contributed by atoms with Gasteiger partial charge in [0.2, 0.25) is 17.7 Å². The van der Waals surface area contributed by atoms with E-state index in [-0.39, 0.29) is 18.6 Å². The number of phenolic OH excluding ortho intramolecular Hbond substituents is 1. The molecule has 0 spiro atoms. The van der Waals surface area contributed by atoms with Crippen molar-refractivity contribution in [1.29, 1.82) is 0 Å². The number of phenols is 1. The number of hydrogen-bond acceptors (Lipinski definition) is 6. The largest absolute Gasteiger partial charge is 0.508 e. The second-order valence-corrected chi connectivity index (χ2v) is 6.74. The average Bonchev–Trinajstić information content (AvgIpc) is 3.11. The highest BCUT2D eigenvalue weighted by Gasteiger charge is 2.37. The first-order valence-corrected chi connectivity index (χ1v) is 8.84. The third kappa shape index (κ3) is 5.43. The molecule has 0 aromatic heterocycles. The zero-order valence-electron chi connectivity index (χ0n) is 15.2. The lowest BCUT2D eigenvalue weighted by Crippen LogP contribution is -2.54. The number of amides is 3. The number of carboxylic acid groups (broad SMARTS) is 1. The van der Waals surface area contributed by atoms with Gasteiger partial charge in [-0.2, -0.15) is 0 Å². The molecule has 1 heterocycles. The smallest absolute Gasteiger partial charge is 0.326 e. The van der Waals surface area contributed by atoms with Crippen LogP contribution in [0.25, 0.3) is 0 Å². The van der Waals surface area contributed by atoms with Gasteiger partial charge < -0.3 is 31.9 Å². The summed E-state index contributed by atoms with van der Waals surface area (Å²) in [7, 11) is 0. The van der Waals surface area contributed by atoms with Crippen LogP contribution in [0, 0.1) is 0 Å². The number of nitrogens with zero attached hydrogens (tertiary/aromatic N) is 1. The maximum atomic E-state index is 12.6. The molecule has 152 valence electrons. The topological polar surface area (TPSA) is 176 Å². The molecule has 1 fully saturated rings. The molecule has 0 bridgehead atoms. The molecule has 28 heavy (non-hydrogen) atoms. The van der Waals surface area contributed by atoms with Crippen molar-refractivity contribution in [2.75, 3.05) is 6.54 Å². The Hall–Kier alpha value is -3.14. The second kappa shape index (κ2) is 9.18. The van der Waals surface area contributed by atoms with Crippen LogP contribution in [0.3, 0.4) is 0 Å². The number of primary amides is 1. The van der Waals surface area contributed by atoms with E-state index in [4.69, 9.17) is 11.5 Å². The number of nitrogens with two attached hydrogens (primary N) is 2. The SMILES string of the molecule is NC(=O)CC(N)C(=O)N1CCC[C@H]1C(=O)N[C@@H](Cc1ccc(O)cc1)C(=O)O. The quantitative estimate of drug-likeness (QED) is 0.365. The van der Waals surface area contributed by atoms with Gasteiger partial charge in [0, 0.05) is 13.0 Å². The number of carboxylic acids is 1. The minimum atomic E-state index is -1.22. The number of rotatable bonds is 8. The van der Waals surface area contributed by atoms with E-state index >= 15 is 0 Å². The Labute approximate surface area is 161 Å². The number of nitrogens with one attached hydrogen (secondary N) is 1. The van der Waals surface area contributed by atoms with Crippen molar-refractivity contribution in [2.24, 2.45) is 11.5 Å². The fourth-order valence-electron chi connectivity index (χ4n) is 3.16. The summed E-state index contributed by atoms with van der Waals surface area (Å²) in [5, 5.41) is 21.2. The molecule has 3 amide bonds. The van der Waals surface area contributed by atoms with Crippen molar-refractivity contribution < 1.29 is 29.4 Å². The first-order chi connectivity index (χ1) is 13.2. The van der Waals surface area contributed by atoms with E-state index in [1.807, 2.05) is 0 Å². The van der Waals surface area contributed by atoms with Crippen molar-refractivity contribution in [2.45, 2.75) is 43.8 Å². The molecule has 1 aromatic rings. The van der Waals surface area contributed by atoms with E-state index in [9.17, 15) is 29.4 Å². The lowest BCUT2D eigenvalue weighted by atomic mass is 10.0. The van der Waals surface area contributed by atoms with E-state index in [2.05, 4.69) is 5.32 Å². The van der Waals surface area contributed by atoms with Crippen molar-refractivity contribution in [1.82, 2.24) is 10.2 Å². The van der Waals surface area contributed by atoms with Crippen molar-refractivity contribution in [3.63, 3.8) is 0 Å². The fourth-order valence-corrected chi connectivity index (χ4v) is 3.16. The van der Waals surface area contributed by atoms with Crippen LogP contribution in [-0.2, 0) is 25.6 Å². The van der Waals surface area contributed by atoms with Gasteiger partial charge in [0.05, 0.1) is 12.5 Å². The molecular weight excluding hydrogens is 368 g/mol. The second-order valence-electron chi connectivity index (χ2n) is 6.74. The Morgan fingerprint density at radius 3 is 2.43 bits per heavy atom. The lowest BCUT2D eigenvalue weighted by molar-refractivity contribution is -0.144. The Morgan fingerprint density at radius 1 is 1.21 bits per heavy atom. The highest BCUT2D eigenvalue weighted by molar-refractivity contribution is 5.93. The van der Waals surface area contributed by atoms with Gasteiger partial charge >= 0.3 is 5.97 Å². The Balaban J connectivity index is 2.05. The highest BCUT2D eigenvalue weighted by atomic mass is 16.4. The number of carbonyl (C=O) groups is 4. The van der Waals surface area contributed by atoms with Crippen molar-refractivity contribution >= 4 is 23.7 Å². The Morgan fingerprint density at radius 2 is 1.86 bits per heavy atom. The summed E-state index contributed by atoms with van der Waals surface area (Å²) >= 11 is 0. The monoisotopic (exact) mass is 392 g/mol. The fraction of sp³-hybridized carbons (Fsp3) is 0.444. The van der Waals surface area contributed by atoms with Crippen molar-refractivity contribution in [3.8, 4) is 5.75 Å². The highest BCUT2D eigenvalue weighted by Crippen LogP contribution is 2.19. The third-order valence-electron chi connectivity index (χ3n) is 4.57. The van der Waals surface area contributed by atoms with Crippen LogP contribution in [0.2, 0.25) is 0 Å². The van der Waals surface area contributed by atoms with Gasteiger partial charge in [-0.25, -0.2) is 4.79 Å². The van der Waals surface area contributed by atoms with Gasteiger partial charge in [0.15, 0.2) is 0 Å².